The molecule has 0 radical (unpaired) electrons. The van der Waals surface area contributed by atoms with E-state index in [2.05, 4.69) is 31.0 Å². The average Bonchev–Trinajstić information content (AvgIpc) is 3.65. The van der Waals surface area contributed by atoms with Crippen LogP contribution in [0.2, 0.25) is 0 Å². The molecule has 1 fully saturated rings. The van der Waals surface area contributed by atoms with E-state index in [1.54, 1.807) is 19.1 Å². The van der Waals surface area contributed by atoms with E-state index < -0.39 is 0 Å². The van der Waals surface area contributed by atoms with Crippen molar-refractivity contribution in [2.45, 2.75) is 39.7 Å². The van der Waals surface area contributed by atoms with Gasteiger partial charge in [0.2, 0.25) is 11.8 Å². The van der Waals surface area contributed by atoms with Gasteiger partial charge in [0, 0.05) is 42.7 Å². The molecule has 4 rings (SSSR count). The number of fused-ring (bicyclic) bond motifs is 1. The molecule has 2 aromatic carbocycles. The summed E-state index contributed by atoms with van der Waals surface area (Å²) in [5.74, 6) is 1.73. The van der Waals surface area contributed by atoms with Crippen LogP contribution in [-0.4, -0.2) is 60.5 Å². The van der Waals surface area contributed by atoms with Crippen LogP contribution in [0.25, 0.3) is 10.9 Å². The third-order valence-electron chi connectivity index (χ3n) is 6.65. The molecule has 3 aromatic rings. The van der Waals surface area contributed by atoms with Gasteiger partial charge in [-0.05, 0) is 54.5 Å². The predicted molar refractivity (Wildman–Crippen MR) is 141 cm³/mol. The molecule has 0 aliphatic heterocycles. The summed E-state index contributed by atoms with van der Waals surface area (Å²) in [6.07, 6.45) is 4.59. The van der Waals surface area contributed by atoms with Crippen LogP contribution in [0.3, 0.4) is 0 Å². The number of aromatic amines is 1. The van der Waals surface area contributed by atoms with Crippen molar-refractivity contribution < 1.29 is 19.1 Å². The fourth-order valence-corrected chi connectivity index (χ4v) is 4.61. The fourth-order valence-electron chi connectivity index (χ4n) is 4.61. The zero-order valence-electron chi connectivity index (χ0n) is 21.8. The van der Waals surface area contributed by atoms with Crippen molar-refractivity contribution in [2.24, 2.45) is 11.8 Å². The van der Waals surface area contributed by atoms with Crippen LogP contribution in [0.1, 0.15) is 37.8 Å². The van der Waals surface area contributed by atoms with E-state index in [1.807, 2.05) is 41.4 Å². The number of carbonyl (C=O) groups excluding carboxylic acids is 2. The monoisotopic (exact) mass is 491 g/mol. The molecule has 1 aliphatic carbocycles. The zero-order chi connectivity index (χ0) is 25.7. The summed E-state index contributed by atoms with van der Waals surface area (Å²) in [6.45, 7) is 5.82. The maximum Gasteiger partial charge on any atom is 0.242 e. The van der Waals surface area contributed by atoms with Crippen LogP contribution in [0.4, 0.5) is 0 Å². The van der Waals surface area contributed by atoms with Gasteiger partial charge in [-0.15, -0.1) is 0 Å². The highest BCUT2D eigenvalue weighted by molar-refractivity contribution is 5.87. The molecular formula is C29H37N3O4. The van der Waals surface area contributed by atoms with Gasteiger partial charge >= 0.3 is 0 Å². The Kier molecular flexibility index (Phi) is 8.18. The van der Waals surface area contributed by atoms with Crippen LogP contribution in [0.15, 0.2) is 48.7 Å². The molecule has 0 unspecified atom stereocenters. The molecule has 1 saturated carbocycles. The van der Waals surface area contributed by atoms with Crippen LogP contribution >= 0.6 is 0 Å². The van der Waals surface area contributed by atoms with Gasteiger partial charge in [-0.25, -0.2) is 0 Å². The van der Waals surface area contributed by atoms with Crippen LogP contribution in [0, 0.1) is 11.8 Å². The van der Waals surface area contributed by atoms with E-state index in [0.29, 0.717) is 43.5 Å². The molecule has 7 nitrogen and oxygen atoms in total. The number of rotatable bonds is 12. The quantitative estimate of drug-likeness (QED) is 0.400. The molecule has 7 heteroatoms. The van der Waals surface area contributed by atoms with Gasteiger partial charge in [-0.3, -0.25) is 9.59 Å². The number of H-pyrrole nitrogens is 1. The Labute approximate surface area is 213 Å². The zero-order valence-corrected chi connectivity index (χ0v) is 21.8. The van der Waals surface area contributed by atoms with Crippen LogP contribution in [-0.2, 0) is 22.6 Å². The van der Waals surface area contributed by atoms with E-state index in [4.69, 9.17) is 9.47 Å². The van der Waals surface area contributed by atoms with Crippen molar-refractivity contribution in [3.05, 3.63) is 59.8 Å². The average molecular weight is 492 g/mol. The van der Waals surface area contributed by atoms with Crippen molar-refractivity contribution in [1.29, 1.82) is 0 Å². The van der Waals surface area contributed by atoms with Crippen LogP contribution < -0.4 is 9.47 Å². The number of ether oxygens (including phenoxy) is 2. The smallest absolute Gasteiger partial charge is 0.242 e. The van der Waals surface area contributed by atoms with E-state index in [0.717, 1.165) is 23.9 Å². The first-order chi connectivity index (χ1) is 17.4. The lowest BCUT2D eigenvalue weighted by Crippen LogP contribution is -2.45. The Balaban J connectivity index is 1.55. The molecule has 0 saturated heterocycles. The van der Waals surface area contributed by atoms with E-state index in [1.165, 1.54) is 10.9 Å². The highest BCUT2D eigenvalue weighted by atomic mass is 16.5. The third kappa shape index (κ3) is 6.20. The SMILES string of the molecule is COc1ccc(CN(CCc2c[nH]c3ccccc23)C(=O)CN(CC(C)C)C(=O)C2CC2)cc1OC. The predicted octanol–water partition coefficient (Wildman–Crippen LogP) is 4.65. The number of methoxy groups -OCH3 is 2. The summed E-state index contributed by atoms with van der Waals surface area (Å²) in [7, 11) is 3.21. The molecule has 36 heavy (non-hydrogen) atoms. The maximum absolute atomic E-state index is 13.7. The number of para-hydroxylation sites is 1. The first-order valence-corrected chi connectivity index (χ1v) is 12.7. The van der Waals surface area contributed by atoms with Gasteiger partial charge in [-0.1, -0.05) is 38.1 Å². The van der Waals surface area contributed by atoms with E-state index >= 15 is 0 Å². The fraction of sp³-hybridized carbons (Fsp3) is 0.448. The standard InChI is InChI=1S/C29H37N3O4/c1-20(2)17-32(29(34)22-10-11-22)19-28(33)31(18-21-9-12-26(35-3)27(15-21)36-4)14-13-23-16-30-25-8-6-5-7-24(23)25/h5-9,12,15-16,20,22,30H,10-11,13-14,17-19H2,1-4H3. The highest BCUT2D eigenvalue weighted by Gasteiger charge is 2.35. The largest absolute Gasteiger partial charge is 0.493 e. The van der Waals surface area contributed by atoms with Crippen molar-refractivity contribution in [3.63, 3.8) is 0 Å². The number of hydrogen-bond donors (Lipinski definition) is 1. The topological polar surface area (TPSA) is 74.9 Å². The minimum atomic E-state index is -0.0423. The van der Waals surface area contributed by atoms with Crippen molar-refractivity contribution in [2.75, 3.05) is 33.9 Å². The summed E-state index contributed by atoms with van der Waals surface area (Å²) in [6, 6.07) is 13.9. The lowest BCUT2D eigenvalue weighted by Gasteiger charge is -2.29. The Morgan fingerprint density at radius 1 is 1.03 bits per heavy atom. The second kappa shape index (κ2) is 11.5. The van der Waals surface area contributed by atoms with Gasteiger partial charge in [0.25, 0.3) is 0 Å². The minimum Gasteiger partial charge on any atom is -0.493 e. The number of nitrogens with one attached hydrogen (secondary N) is 1. The van der Waals surface area contributed by atoms with Crippen molar-refractivity contribution in [1.82, 2.24) is 14.8 Å². The Morgan fingerprint density at radius 2 is 1.78 bits per heavy atom. The van der Waals surface area contributed by atoms with Gasteiger partial charge in [0.15, 0.2) is 11.5 Å². The lowest BCUT2D eigenvalue weighted by molar-refractivity contribution is -0.142. The molecule has 1 aromatic heterocycles. The molecule has 0 spiro atoms. The summed E-state index contributed by atoms with van der Waals surface area (Å²) in [4.78, 5) is 33.5. The Bertz CT molecular complexity index is 1200. The number of amides is 2. The Hall–Kier alpha value is -3.48. The molecule has 1 N–H and O–H groups in total. The first-order valence-electron chi connectivity index (χ1n) is 12.7. The number of hydrogen-bond acceptors (Lipinski definition) is 4. The summed E-state index contributed by atoms with van der Waals surface area (Å²) < 4.78 is 10.8. The normalized spacial score (nSPS) is 13.1. The first kappa shape index (κ1) is 25.6. The highest BCUT2D eigenvalue weighted by Crippen LogP contribution is 2.31. The maximum atomic E-state index is 13.7. The lowest BCUT2D eigenvalue weighted by atomic mass is 10.1. The van der Waals surface area contributed by atoms with Gasteiger partial charge in [0.05, 0.1) is 20.8 Å². The molecule has 1 heterocycles. The molecule has 1 aliphatic rings. The second-order valence-electron chi connectivity index (χ2n) is 10.0. The molecule has 192 valence electrons. The summed E-state index contributed by atoms with van der Waals surface area (Å²) >= 11 is 0. The number of nitrogens with zero attached hydrogens (tertiary/aromatic N) is 2. The molecule has 2 amide bonds. The van der Waals surface area contributed by atoms with Gasteiger partial charge < -0.3 is 24.3 Å². The third-order valence-corrected chi connectivity index (χ3v) is 6.65. The van der Waals surface area contributed by atoms with E-state index in [-0.39, 0.29) is 24.3 Å². The second-order valence-corrected chi connectivity index (χ2v) is 10.0. The minimum absolute atomic E-state index is 0.0423. The Morgan fingerprint density at radius 3 is 2.47 bits per heavy atom. The molecule has 0 atom stereocenters. The summed E-state index contributed by atoms with van der Waals surface area (Å²) in [5.41, 5.74) is 3.20. The van der Waals surface area contributed by atoms with Crippen molar-refractivity contribution in [3.8, 4) is 11.5 Å². The van der Waals surface area contributed by atoms with E-state index in [9.17, 15) is 9.59 Å². The van der Waals surface area contributed by atoms with Gasteiger partial charge in [-0.2, -0.15) is 0 Å². The number of aromatic nitrogens is 1. The summed E-state index contributed by atoms with van der Waals surface area (Å²) in [5, 5.41) is 1.17. The number of benzene rings is 2. The van der Waals surface area contributed by atoms with Crippen LogP contribution in [0.5, 0.6) is 11.5 Å². The van der Waals surface area contributed by atoms with Crippen molar-refractivity contribution >= 4 is 22.7 Å². The molecule has 0 bridgehead atoms. The number of carbonyl (C=O) groups is 2. The molecular weight excluding hydrogens is 454 g/mol. The van der Waals surface area contributed by atoms with Gasteiger partial charge in [0.1, 0.15) is 0 Å².